The summed E-state index contributed by atoms with van der Waals surface area (Å²) in [5, 5.41) is 12.8. The Morgan fingerprint density at radius 1 is 0.277 bits per heavy atom. The van der Waals surface area contributed by atoms with Crippen molar-refractivity contribution in [2.45, 2.75) is 206 Å². The van der Waals surface area contributed by atoms with Crippen molar-refractivity contribution in [2.24, 2.45) is 15.3 Å². The molecule has 15 rings (SSSR count). The first kappa shape index (κ1) is 102. The highest BCUT2D eigenvalue weighted by Crippen LogP contribution is 2.44. The van der Waals surface area contributed by atoms with Crippen LogP contribution in [0, 0.1) is 0 Å². The van der Waals surface area contributed by atoms with Crippen LogP contribution in [0.1, 0.15) is 88.2 Å². The number of carbonyl (C=O) groups is 6. The van der Waals surface area contributed by atoms with E-state index in [1.165, 1.54) is 43.5 Å². The van der Waals surface area contributed by atoms with Crippen molar-refractivity contribution in [1.29, 1.82) is 0 Å². The average molecular weight is 1930 g/mol. The van der Waals surface area contributed by atoms with E-state index < -0.39 is 202 Å². The lowest BCUT2D eigenvalue weighted by molar-refractivity contribution is -0.380. The second kappa shape index (κ2) is 51.5. The van der Waals surface area contributed by atoms with Crippen LogP contribution in [0.2, 0.25) is 0 Å². The molecule has 37 nitrogen and oxygen atoms in total. The molecule has 141 heavy (non-hydrogen) atoms. The van der Waals surface area contributed by atoms with E-state index in [0.29, 0.717) is 27.8 Å². The minimum atomic E-state index is -2.12. The van der Waals surface area contributed by atoms with Gasteiger partial charge in [0, 0.05) is 21.8 Å². The summed E-state index contributed by atoms with van der Waals surface area (Å²) in [6.45, 7) is -0.714. The molecule has 0 aliphatic carbocycles. The molecule has 10 aromatic rings. The van der Waals surface area contributed by atoms with Gasteiger partial charge in [-0.05, 0) is 105 Å². The molecule has 5 saturated heterocycles. The molecule has 5 aliphatic heterocycles. The molecule has 0 saturated carbocycles. The Morgan fingerprint density at radius 2 is 0.539 bits per heavy atom. The lowest BCUT2D eigenvalue weighted by Gasteiger charge is -2.51. The molecule has 0 bridgehead atoms. The number of azide groups is 3. The van der Waals surface area contributed by atoms with Crippen LogP contribution >= 0.6 is 0 Å². The van der Waals surface area contributed by atoms with Gasteiger partial charge in [0.15, 0.2) is 49.8 Å². The summed E-state index contributed by atoms with van der Waals surface area (Å²) in [5.74, 6) is -5.88. The fourth-order valence-electron chi connectivity index (χ4n) is 17.1. The Labute approximate surface area is 811 Å². The summed E-state index contributed by atoms with van der Waals surface area (Å²) in [4.78, 5) is 99.7. The third kappa shape index (κ3) is 26.5. The molecule has 0 radical (unpaired) electrons. The first-order valence-electron chi connectivity index (χ1n) is 45.7. The first-order chi connectivity index (χ1) is 69.1. The molecule has 0 aromatic heterocycles. The second-order valence-corrected chi connectivity index (χ2v) is 33.1. The summed E-state index contributed by atoms with van der Waals surface area (Å²) < 4.78 is 148. The highest BCUT2D eigenvalue weighted by atomic mass is 16.8. The van der Waals surface area contributed by atoms with Crippen molar-refractivity contribution in [1.82, 2.24) is 0 Å². The van der Waals surface area contributed by atoms with E-state index in [2.05, 4.69) is 30.1 Å². The van der Waals surface area contributed by atoms with E-state index >= 15 is 19.2 Å². The van der Waals surface area contributed by atoms with E-state index in [1.54, 1.807) is 213 Å². The number of methoxy groups -OCH3 is 3. The van der Waals surface area contributed by atoms with Gasteiger partial charge in [-0.15, -0.1) is 0 Å². The molecule has 0 spiro atoms. The topological polar surface area (TPSA) is 452 Å². The van der Waals surface area contributed by atoms with Gasteiger partial charge >= 0.3 is 35.8 Å². The van der Waals surface area contributed by atoms with Gasteiger partial charge in [-0.1, -0.05) is 277 Å². The van der Waals surface area contributed by atoms with Crippen LogP contribution in [-0.4, -0.2) is 224 Å². The summed E-state index contributed by atoms with van der Waals surface area (Å²) in [6, 6.07) is 80.5. The van der Waals surface area contributed by atoms with Crippen LogP contribution in [0.15, 0.2) is 319 Å². The molecule has 0 N–H and O–H groups in total. The van der Waals surface area contributed by atoms with Crippen molar-refractivity contribution < 1.29 is 133 Å². The van der Waals surface area contributed by atoms with Gasteiger partial charge in [-0.3, -0.25) is 0 Å². The fourth-order valence-corrected chi connectivity index (χ4v) is 17.1. The Kier molecular flexibility index (Phi) is 37.1. The van der Waals surface area contributed by atoms with Crippen LogP contribution in [0.25, 0.3) is 31.3 Å². The lowest BCUT2D eigenvalue weighted by atomic mass is 9.92. The number of hydrogen-bond donors (Lipinski definition) is 0. The average Bonchev–Trinajstić information content (AvgIpc) is 0.742. The van der Waals surface area contributed by atoms with Crippen LogP contribution in [0.5, 0.6) is 0 Å². The maximum Gasteiger partial charge on any atom is 0.338 e. The number of rotatable bonds is 43. The monoisotopic (exact) mass is 1930 g/mol. The maximum absolute atomic E-state index is 15.5. The van der Waals surface area contributed by atoms with E-state index in [-0.39, 0.29) is 68.3 Å². The Hall–Kier alpha value is -13.7. The molecular weight excluding hydrogens is 1820 g/mol. The molecule has 0 amide bonds. The van der Waals surface area contributed by atoms with Gasteiger partial charge in [0.1, 0.15) is 111 Å². The third-order valence-corrected chi connectivity index (χ3v) is 24.0. The van der Waals surface area contributed by atoms with Gasteiger partial charge in [-0.25, -0.2) is 28.8 Å². The number of benzene rings is 10. The Bertz CT molecular complexity index is 5790. The lowest BCUT2D eigenvalue weighted by Crippen LogP contribution is -2.69. The standard InChI is InChI=1S/C104H105N9O28/c1-5-74-81(136-103-92(128-61-69-46-26-11-27-47-69)86(126-59-67-42-22-9-23-43-67)88(90(140-103)98(118)120-2)138-101-78(109-112-106)83(124-57-65-38-18-7-19-39-65)80(123-56-64-36-16-6-17-37-64)75(133-101)62-129-94(114)70-48-28-12-29-49-70)85(134-96(116)72-52-32-14-33-53-72)79(110-113-107)102(131-74)139-89-87(127-60-68-44-24-10-25-45-68)93(135-97(117)73-54-34-15-35-55-73)104(141-91(89)99(119)121-3)137-82-76(63-130-95(115)71-50-30-13-31-51-71)132-100(122-4)77(108-111-105)84(82)125-58-66-40-20-8-21-41-66/h6-55,74-93,100-104H,5,56-63H2,1-4H3/t74?,75?,76?,77?,78?,79?,80-,81-,82-,83+,84+,85+,86-,87+,88+,89+,90?,91?,92?,93?,100+,101-,102-,103+,104+/m0/s1. The highest BCUT2D eigenvalue weighted by Gasteiger charge is 2.62. The molecule has 10 unspecified atom stereocenters. The Morgan fingerprint density at radius 3 is 0.887 bits per heavy atom. The van der Waals surface area contributed by atoms with Crippen molar-refractivity contribution >= 4 is 35.8 Å². The van der Waals surface area contributed by atoms with Crippen LogP contribution in [0.3, 0.4) is 0 Å². The molecule has 5 aliphatic rings. The van der Waals surface area contributed by atoms with E-state index in [0.717, 1.165) is 19.8 Å². The minimum absolute atomic E-state index is 0.0139. The molecule has 734 valence electrons. The van der Waals surface area contributed by atoms with E-state index in [4.69, 9.17) is 104 Å². The van der Waals surface area contributed by atoms with E-state index in [9.17, 15) is 26.2 Å². The third-order valence-electron chi connectivity index (χ3n) is 24.0. The molecule has 25 atom stereocenters. The zero-order valence-electron chi connectivity index (χ0n) is 77.1. The summed E-state index contributed by atoms with van der Waals surface area (Å²) in [5.41, 5.74) is 36.5. The zero-order valence-corrected chi connectivity index (χ0v) is 77.1. The molecule has 5 heterocycles. The van der Waals surface area contributed by atoms with Gasteiger partial charge in [0.25, 0.3) is 0 Å². The van der Waals surface area contributed by atoms with Gasteiger partial charge in [-0.2, -0.15) is 0 Å². The number of esters is 6. The SMILES string of the molecule is CCC1O[C@@H](O[C@H]2C(C(=O)OC)O[C@@H](O[C@H]3C(COC(=O)c4ccccc4)O[C@@H](OC)C(N=[N+]=[N-])[C@H]3OCc3ccccc3)C(OC(=O)c3ccccc3)[C@@H]2OCc2ccccc2)C(N=[N+]=[N-])[C@@H](OC(=O)c2ccccc2)[C@H]1O[C@@H]1OC(C(=O)OC)[C@H](O[C@@H]2OC(COC(=O)c3ccccc3)[C@H](OCc3ccccc3)[C@H](OCc3ccccc3)C2N=[N+]=[N-])[C@H](OCc2ccccc2)C1OCc1ccccc1. The zero-order chi connectivity index (χ0) is 98.2. The molecular formula is C104H105N9O28. The number of hydrogen-bond acceptors (Lipinski definition) is 31. The fraction of sp³-hybridized carbons (Fsp3) is 0.365. The maximum atomic E-state index is 15.5. The highest BCUT2D eigenvalue weighted by molar-refractivity contribution is 5.91. The summed E-state index contributed by atoms with van der Waals surface area (Å²) in [6.07, 6.45) is -38.2. The van der Waals surface area contributed by atoms with Crippen molar-refractivity contribution in [2.75, 3.05) is 34.5 Å². The molecule has 37 heteroatoms. The number of nitrogens with zero attached hydrogens (tertiary/aromatic N) is 9. The van der Waals surface area contributed by atoms with Gasteiger partial charge < -0.3 is 104 Å². The second-order valence-electron chi connectivity index (χ2n) is 33.1. The van der Waals surface area contributed by atoms with Gasteiger partial charge in [0.05, 0.1) is 82.2 Å². The van der Waals surface area contributed by atoms with Crippen molar-refractivity contribution in [3.05, 3.63) is 390 Å². The quantitative estimate of drug-likeness (QED) is 0.0113. The smallest absolute Gasteiger partial charge is 0.338 e. The van der Waals surface area contributed by atoms with Crippen LogP contribution in [0.4, 0.5) is 0 Å². The largest absolute Gasteiger partial charge is 0.467 e. The van der Waals surface area contributed by atoms with Crippen molar-refractivity contribution in [3.63, 3.8) is 0 Å². The van der Waals surface area contributed by atoms with Crippen LogP contribution < -0.4 is 0 Å². The molecule has 5 fully saturated rings. The summed E-state index contributed by atoms with van der Waals surface area (Å²) in [7, 11) is 3.44. The normalized spacial score (nSPS) is 27.4. The van der Waals surface area contributed by atoms with Crippen LogP contribution in [-0.2, 0) is 153 Å². The number of carbonyl (C=O) groups excluding carboxylic acids is 6. The predicted octanol–water partition coefficient (Wildman–Crippen LogP) is 15.3. The Balaban J connectivity index is 0.837. The summed E-state index contributed by atoms with van der Waals surface area (Å²) >= 11 is 0. The molecule has 10 aromatic carbocycles. The predicted molar refractivity (Wildman–Crippen MR) is 498 cm³/mol. The van der Waals surface area contributed by atoms with Gasteiger partial charge in [0.2, 0.25) is 0 Å². The number of ether oxygens (including phenoxy) is 22. The van der Waals surface area contributed by atoms with E-state index in [1.807, 2.05) is 60.7 Å². The first-order valence-corrected chi connectivity index (χ1v) is 45.7. The van der Waals surface area contributed by atoms with Crippen molar-refractivity contribution in [3.8, 4) is 0 Å². The minimum Gasteiger partial charge on any atom is -0.467 e.